The van der Waals surface area contributed by atoms with E-state index in [-0.39, 0.29) is 5.91 Å². The lowest BCUT2D eigenvalue weighted by atomic mass is 10.1. The molecule has 0 bridgehead atoms. The number of carbonyl (C=O) groups is 1. The summed E-state index contributed by atoms with van der Waals surface area (Å²) in [5.41, 5.74) is 1.84. The summed E-state index contributed by atoms with van der Waals surface area (Å²) in [4.78, 5) is 12.8. The van der Waals surface area contributed by atoms with Gasteiger partial charge in [-0.3, -0.25) is 9.20 Å². The van der Waals surface area contributed by atoms with Gasteiger partial charge in [-0.25, -0.2) is 0 Å². The van der Waals surface area contributed by atoms with Crippen molar-refractivity contribution in [2.75, 3.05) is 11.9 Å². The minimum Gasteiger partial charge on any atom is -0.493 e. The van der Waals surface area contributed by atoms with Gasteiger partial charge in [0.05, 0.1) is 17.9 Å². The Balaban J connectivity index is 1.64. The molecule has 1 amide bonds. The van der Waals surface area contributed by atoms with E-state index in [0.717, 1.165) is 18.7 Å². The molecule has 0 aliphatic heterocycles. The topological polar surface area (TPSA) is 68.5 Å². The van der Waals surface area contributed by atoms with E-state index in [2.05, 4.69) is 15.5 Å². The highest BCUT2D eigenvalue weighted by Crippen LogP contribution is 2.34. The molecule has 0 saturated heterocycles. The molecule has 0 radical (unpaired) electrons. The molecular weight excluding hydrogens is 328 g/mol. The molecule has 0 unspecified atom stereocenters. The second-order valence-corrected chi connectivity index (χ2v) is 6.54. The molecule has 26 heavy (non-hydrogen) atoms. The van der Waals surface area contributed by atoms with Crippen LogP contribution in [0.2, 0.25) is 0 Å². The predicted octanol–water partition coefficient (Wildman–Crippen LogP) is 4.04. The van der Waals surface area contributed by atoms with Crippen LogP contribution < -0.4 is 10.1 Å². The van der Waals surface area contributed by atoms with E-state index < -0.39 is 0 Å². The van der Waals surface area contributed by atoms with Crippen molar-refractivity contribution >= 4 is 17.2 Å². The maximum absolute atomic E-state index is 12.8. The van der Waals surface area contributed by atoms with Gasteiger partial charge in [0, 0.05) is 12.1 Å². The molecule has 4 rings (SSSR count). The van der Waals surface area contributed by atoms with E-state index in [4.69, 9.17) is 4.74 Å². The summed E-state index contributed by atoms with van der Waals surface area (Å²) in [6, 6.07) is 11.0. The fourth-order valence-corrected chi connectivity index (χ4v) is 3.62. The number of carbonyl (C=O) groups excluding carboxylic acids is 1. The molecule has 1 fully saturated rings. The van der Waals surface area contributed by atoms with Crippen molar-refractivity contribution < 1.29 is 9.53 Å². The van der Waals surface area contributed by atoms with Gasteiger partial charge in [-0.1, -0.05) is 25.0 Å². The van der Waals surface area contributed by atoms with Crippen LogP contribution in [0.25, 0.3) is 5.65 Å². The standard InChI is InChI=1S/C20H22N4O2/c1-2-26-17-12-6-5-10-15(17)20(25)21-16-11-7-13-24-18(22-23-19(16)24)14-8-3-4-9-14/h5-7,10-14H,2-4,8-9H2,1H3,(H,21,25). The van der Waals surface area contributed by atoms with Crippen molar-refractivity contribution in [1.29, 1.82) is 0 Å². The number of hydrogen-bond acceptors (Lipinski definition) is 4. The van der Waals surface area contributed by atoms with Crippen LogP contribution >= 0.6 is 0 Å². The molecule has 6 nitrogen and oxygen atoms in total. The lowest BCUT2D eigenvalue weighted by molar-refractivity contribution is 0.102. The minimum atomic E-state index is -0.215. The van der Waals surface area contributed by atoms with Gasteiger partial charge in [0.2, 0.25) is 0 Å². The van der Waals surface area contributed by atoms with E-state index in [0.29, 0.717) is 35.2 Å². The highest BCUT2D eigenvalue weighted by Gasteiger charge is 2.23. The van der Waals surface area contributed by atoms with Crippen LogP contribution in [-0.2, 0) is 0 Å². The van der Waals surface area contributed by atoms with Gasteiger partial charge in [0.25, 0.3) is 5.91 Å². The molecule has 1 aromatic carbocycles. The highest BCUT2D eigenvalue weighted by atomic mass is 16.5. The molecule has 1 saturated carbocycles. The lowest BCUT2D eigenvalue weighted by Gasteiger charge is -2.11. The molecule has 1 aliphatic carbocycles. The first kappa shape index (κ1) is 16.6. The van der Waals surface area contributed by atoms with Gasteiger partial charge in [0.15, 0.2) is 5.65 Å². The zero-order valence-electron chi connectivity index (χ0n) is 14.8. The largest absolute Gasteiger partial charge is 0.493 e. The molecule has 2 heterocycles. The van der Waals surface area contributed by atoms with Crippen molar-refractivity contribution in [2.45, 2.75) is 38.5 Å². The zero-order chi connectivity index (χ0) is 17.9. The SMILES string of the molecule is CCOc1ccccc1C(=O)Nc1cccn2c(C3CCCC3)nnc12. The molecule has 1 N–H and O–H groups in total. The molecule has 0 atom stereocenters. The third-order valence-electron chi connectivity index (χ3n) is 4.86. The van der Waals surface area contributed by atoms with Gasteiger partial charge in [-0.15, -0.1) is 10.2 Å². The number of anilines is 1. The van der Waals surface area contributed by atoms with Gasteiger partial charge < -0.3 is 10.1 Å². The van der Waals surface area contributed by atoms with Crippen LogP contribution in [-0.4, -0.2) is 27.1 Å². The van der Waals surface area contributed by atoms with E-state index in [1.807, 2.05) is 41.8 Å². The summed E-state index contributed by atoms with van der Waals surface area (Å²) in [6.07, 6.45) is 6.75. The average Bonchev–Trinajstić information content (AvgIpc) is 3.32. The Kier molecular flexibility index (Phi) is 4.56. The molecule has 134 valence electrons. The Hall–Kier alpha value is -2.89. The summed E-state index contributed by atoms with van der Waals surface area (Å²) in [5, 5.41) is 11.7. The monoisotopic (exact) mass is 350 g/mol. The smallest absolute Gasteiger partial charge is 0.259 e. The normalized spacial score (nSPS) is 14.7. The number of pyridine rings is 1. The summed E-state index contributed by atoms with van der Waals surface area (Å²) < 4.78 is 7.56. The van der Waals surface area contributed by atoms with Crippen LogP contribution in [0, 0.1) is 0 Å². The summed E-state index contributed by atoms with van der Waals surface area (Å²) >= 11 is 0. The third kappa shape index (κ3) is 3.03. The van der Waals surface area contributed by atoms with Crippen LogP contribution in [0.15, 0.2) is 42.6 Å². The van der Waals surface area contributed by atoms with E-state index >= 15 is 0 Å². The summed E-state index contributed by atoms with van der Waals surface area (Å²) in [6.45, 7) is 2.41. The number of benzene rings is 1. The highest BCUT2D eigenvalue weighted by molar-refractivity contribution is 6.07. The number of amides is 1. The maximum Gasteiger partial charge on any atom is 0.259 e. The quantitative estimate of drug-likeness (QED) is 0.754. The number of fused-ring (bicyclic) bond motifs is 1. The van der Waals surface area contributed by atoms with E-state index in [9.17, 15) is 4.79 Å². The van der Waals surface area contributed by atoms with Crippen LogP contribution in [0.5, 0.6) is 5.75 Å². The fraction of sp³-hybridized carbons (Fsp3) is 0.350. The van der Waals surface area contributed by atoms with Crippen LogP contribution in [0.3, 0.4) is 0 Å². The second kappa shape index (κ2) is 7.15. The summed E-state index contributed by atoms with van der Waals surface area (Å²) in [7, 11) is 0. The zero-order valence-corrected chi connectivity index (χ0v) is 14.8. The molecule has 1 aliphatic rings. The molecule has 3 aromatic rings. The Morgan fingerprint density at radius 1 is 1.19 bits per heavy atom. The molecule has 2 aromatic heterocycles. The average molecular weight is 350 g/mol. The Morgan fingerprint density at radius 3 is 2.81 bits per heavy atom. The molecular formula is C20H22N4O2. The van der Waals surface area contributed by atoms with Crippen LogP contribution in [0.1, 0.15) is 54.7 Å². The number of nitrogens with zero attached hydrogens (tertiary/aromatic N) is 3. The Labute approximate surface area is 152 Å². The van der Waals surface area contributed by atoms with Crippen molar-refractivity contribution in [3.8, 4) is 5.75 Å². The van der Waals surface area contributed by atoms with Crippen molar-refractivity contribution in [2.24, 2.45) is 0 Å². The number of aromatic nitrogens is 3. The molecule has 0 spiro atoms. The van der Waals surface area contributed by atoms with Crippen molar-refractivity contribution in [3.05, 3.63) is 54.0 Å². The van der Waals surface area contributed by atoms with Crippen LogP contribution in [0.4, 0.5) is 5.69 Å². The maximum atomic E-state index is 12.8. The number of para-hydroxylation sites is 1. The first-order chi connectivity index (χ1) is 12.8. The van der Waals surface area contributed by atoms with E-state index in [1.54, 1.807) is 12.1 Å². The second-order valence-electron chi connectivity index (χ2n) is 6.54. The third-order valence-corrected chi connectivity index (χ3v) is 4.86. The van der Waals surface area contributed by atoms with Gasteiger partial charge >= 0.3 is 0 Å². The van der Waals surface area contributed by atoms with Gasteiger partial charge in [0.1, 0.15) is 11.6 Å². The predicted molar refractivity (Wildman–Crippen MR) is 99.8 cm³/mol. The first-order valence-corrected chi connectivity index (χ1v) is 9.14. The fourth-order valence-electron chi connectivity index (χ4n) is 3.62. The number of hydrogen-bond donors (Lipinski definition) is 1. The number of rotatable bonds is 5. The summed E-state index contributed by atoms with van der Waals surface area (Å²) in [5.74, 6) is 1.80. The van der Waals surface area contributed by atoms with Gasteiger partial charge in [-0.05, 0) is 44.0 Å². The minimum absolute atomic E-state index is 0.215. The van der Waals surface area contributed by atoms with Crippen molar-refractivity contribution in [3.63, 3.8) is 0 Å². The Morgan fingerprint density at radius 2 is 2.00 bits per heavy atom. The van der Waals surface area contributed by atoms with Crippen molar-refractivity contribution in [1.82, 2.24) is 14.6 Å². The Bertz CT molecular complexity index is 928. The van der Waals surface area contributed by atoms with Gasteiger partial charge in [-0.2, -0.15) is 0 Å². The molecule has 6 heteroatoms. The first-order valence-electron chi connectivity index (χ1n) is 9.14. The number of nitrogens with one attached hydrogen (secondary N) is 1. The van der Waals surface area contributed by atoms with E-state index in [1.165, 1.54) is 12.8 Å². The lowest BCUT2D eigenvalue weighted by Crippen LogP contribution is -2.14. The number of ether oxygens (including phenoxy) is 1.